The fourth-order valence-corrected chi connectivity index (χ4v) is 1.71. The van der Waals surface area contributed by atoms with Crippen molar-refractivity contribution in [2.24, 2.45) is 11.7 Å². The third-order valence-corrected chi connectivity index (χ3v) is 2.64. The lowest BCUT2D eigenvalue weighted by Gasteiger charge is -2.07. The number of amides is 2. The molecule has 86 valence electrons. The highest BCUT2D eigenvalue weighted by atomic mass is 16.2. The molecule has 5 nitrogen and oxygen atoms in total. The quantitative estimate of drug-likeness (QED) is 0.549. The Hall–Kier alpha value is -1.10. The number of hydrogen-bond acceptors (Lipinski definition) is 3. The molecule has 0 aromatic rings. The van der Waals surface area contributed by atoms with E-state index in [0.717, 1.165) is 25.9 Å². The van der Waals surface area contributed by atoms with Crippen molar-refractivity contribution in [3.8, 4) is 0 Å². The molecule has 1 atom stereocenters. The molecule has 0 aromatic heterocycles. The second kappa shape index (κ2) is 6.40. The van der Waals surface area contributed by atoms with Crippen LogP contribution in [0.5, 0.6) is 0 Å². The Morgan fingerprint density at radius 2 is 2.20 bits per heavy atom. The second-order valence-electron chi connectivity index (χ2n) is 3.96. The van der Waals surface area contributed by atoms with Crippen molar-refractivity contribution in [3.63, 3.8) is 0 Å². The van der Waals surface area contributed by atoms with Crippen LogP contribution in [0.3, 0.4) is 0 Å². The SMILES string of the molecule is NC(=O)CCNC(=O)CCC1CCNC1. The van der Waals surface area contributed by atoms with E-state index in [-0.39, 0.29) is 18.2 Å². The van der Waals surface area contributed by atoms with E-state index in [4.69, 9.17) is 5.73 Å². The van der Waals surface area contributed by atoms with Gasteiger partial charge in [0.25, 0.3) is 0 Å². The molecule has 5 heteroatoms. The zero-order valence-electron chi connectivity index (χ0n) is 8.92. The summed E-state index contributed by atoms with van der Waals surface area (Å²) >= 11 is 0. The van der Waals surface area contributed by atoms with Crippen molar-refractivity contribution >= 4 is 11.8 Å². The highest BCUT2D eigenvalue weighted by Gasteiger charge is 2.15. The fraction of sp³-hybridized carbons (Fsp3) is 0.800. The summed E-state index contributed by atoms with van der Waals surface area (Å²) in [5.41, 5.74) is 4.95. The van der Waals surface area contributed by atoms with Gasteiger partial charge in [0.05, 0.1) is 0 Å². The first-order valence-corrected chi connectivity index (χ1v) is 5.44. The van der Waals surface area contributed by atoms with Crippen LogP contribution in [0.2, 0.25) is 0 Å². The standard InChI is InChI=1S/C10H19N3O2/c11-9(14)4-6-13-10(15)2-1-8-3-5-12-7-8/h8,12H,1-7H2,(H2,11,14)(H,13,15). The summed E-state index contributed by atoms with van der Waals surface area (Å²) < 4.78 is 0. The van der Waals surface area contributed by atoms with Crippen LogP contribution in [-0.4, -0.2) is 31.4 Å². The molecule has 0 radical (unpaired) electrons. The van der Waals surface area contributed by atoms with Gasteiger partial charge >= 0.3 is 0 Å². The summed E-state index contributed by atoms with van der Waals surface area (Å²) in [6.07, 6.45) is 2.85. The van der Waals surface area contributed by atoms with Crippen LogP contribution in [0.25, 0.3) is 0 Å². The van der Waals surface area contributed by atoms with E-state index in [2.05, 4.69) is 10.6 Å². The van der Waals surface area contributed by atoms with E-state index in [0.29, 0.717) is 18.9 Å². The van der Waals surface area contributed by atoms with Gasteiger partial charge in [0.1, 0.15) is 0 Å². The lowest BCUT2D eigenvalue weighted by molar-refractivity contribution is -0.121. The molecular formula is C10H19N3O2. The molecule has 1 aliphatic heterocycles. The summed E-state index contributed by atoms with van der Waals surface area (Å²) in [7, 11) is 0. The minimum Gasteiger partial charge on any atom is -0.370 e. The maximum Gasteiger partial charge on any atom is 0.220 e. The van der Waals surface area contributed by atoms with E-state index < -0.39 is 0 Å². The van der Waals surface area contributed by atoms with E-state index in [1.807, 2.05) is 0 Å². The molecule has 1 unspecified atom stereocenters. The summed E-state index contributed by atoms with van der Waals surface area (Å²) in [5.74, 6) is 0.269. The molecule has 15 heavy (non-hydrogen) atoms. The molecule has 0 aromatic carbocycles. The predicted octanol–water partition coefficient (Wildman–Crippen LogP) is -0.632. The molecule has 4 N–H and O–H groups in total. The number of hydrogen-bond donors (Lipinski definition) is 3. The van der Waals surface area contributed by atoms with Gasteiger partial charge in [-0.2, -0.15) is 0 Å². The van der Waals surface area contributed by atoms with Gasteiger partial charge in [-0.05, 0) is 31.8 Å². The van der Waals surface area contributed by atoms with Gasteiger partial charge in [0, 0.05) is 19.4 Å². The van der Waals surface area contributed by atoms with Gasteiger partial charge in [-0.3, -0.25) is 9.59 Å². The summed E-state index contributed by atoms with van der Waals surface area (Å²) in [4.78, 5) is 21.7. The van der Waals surface area contributed by atoms with Crippen LogP contribution in [0, 0.1) is 5.92 Å². The lowest BCUT2D eigenvalue weighted by atomic mass is 10.0. The van der Waals surface area contributed by atoms with Crippen LogP contribution < -0.4 is 16.4 Å². The minimum absolute atomic E-state index is 0.0168. The van der Waals surface area contributed by atoms with Gasteiger partial charge in [0.2, 0.25) is 11.8 Å². The Bertz CT molecular complexity index is 225. The maximum atomic E-state index is 11.3. The Morgan fingerprint density at radius 1 is 1.40 bits per heavy atom. The zero-order chi connectivity index (χ0) is 11.1. The van der Waals surface area contributed by atoms with Crippen molar-refractivity contribution in [1.29, 1.82) is 0 Å². The van der Waals surface area contributed by atoms with E-state index in [1.54, 1.807) is 0 Å². The van der Waals surface area contributed by atoms with Crippen LogP contribution in [0.15, 0.2) is 0 Å². The van der Waals surface area contributed by atoms with Crippen LogP contribution in [0.1, 0.15) is 25.7 Å². The monoisotopic (exact) mass is 213 g/mol. The smallest absolute Gasteiger partial charge is 0.220 e. The van der Waals surface area contributed by atoms with Gasteiger partial charge in [-0.15, -0.1) is 0 Å². The maximum absolute atomic E-state index is 11.3. The number of carbonyl (C=O) groups excluding carboxylic acids is 2. The molecule has 1 rings (SSSR count). The largest absolute Gasteiger partial charge is 0.370 e. The number of nitrogens with one attached hydrogen (secondary N) is 2. The van der Waals surface area contributed by atoms with E-state index >= 15 is 0 Å². The highest BCUT2D eigenvalue weighted by Crippen LogP contribution is 2.13. The van der Waals surface area contributed by atoms with Crippen molar-refractivity contribution in [1.82, 2.24) is 10.6 Å². The summed E-state index contributed by atoms with van der Waals surface area (Å²) in [6.45, 7) is 2.44. The Kier molecular flexibility index (Phi) is 5.10. The van der Waals surface area contributed by atoms with Crippen molar-refractivity contribution < 1.29 is 9.59 Å². The number of rotatable bonds is 6. The van der Waals surface area contributed by atoms with E-state index in [1.165, 1.54) is 0 Å². The first-order valence-electron chi connectivity index (χ1n) is 5.44. The molecule has 0 saturated carbocycles. The second-order valence-corrected chi connectivity index (χ2v) is 3.96. The van der Waals surface area contributed by atoms with Crippen LogP contribution in [0.4, 0.5) is 0 Å². The van der Waals surface area contributed by atoms with Crippen molar-refractivity contribution in [2.75, 3.05) is 19.6 Å². The molecule has 0 spiro atoms. The zero-order valence-corrected chi connectivity index (χ0v) is 8.92. The van der Waals surface area contributed by atoms with Gasteiger partial charge in [-0.25, -0.2) is 0 Å². The molecule has 0 bridgehead atoms. The third-order valence-electron chi connectivity index (χ3n) is 2.64. The van der Waals surface area contributed by atoms with Gasteiger partial charge < -0.3 is 16.4 Å². The normalized spacial score (nSPS) is 20.1. The Balaban J connectivity index is 2.00. The average molecular weight is 213 g/mol. The summed E-state index contributed by atoms with van der Waals surface area (Å²) in [5, 5.41) is 5.94. The molecule has 1 heterocycles. The minimum atomic E-state index is -0.379. The molecule has 1 fully saturated rings. The van der Waals surface area contributed by atoms with Crippen LogP contribution in [-0.2, 0) is 9.59 Å². The Labute approximate surface area is 89.8 Å². The number of nitrogens with two attached hydrogens (primary N) is 1. The first-order chi connectivity index (χ1) is 7.18. The van der Waals surface area contributed by atoms with Crippen LogP contribution >= 0.6 is 0 Å². The number of primary amides is 1. The van der Waals surface area contributed by atoms with Crippen molar-refractivity contribution in [2.45, 2.75) is 25.7 Å². The third kappa shape index (κ3) is 5.37. The van der Waals surface area contributed by atoms with Gasteiger partial charge in [-0.1, -0.05) is 0 Å². The molecule has 1 saturated heterocycles. The molecular weight excluding hydrogens is 194 g/mol. The lowest BCUT2D eigenvalue weighted by Crippen LogP contribution is -2.28. The van der Waals surface area contributed by atoms with E-state index in [9.17, 15) is 9.59 Å². The summed E-state index contributed by atoms with van der Waals surface area (Å²) in [6, 6.07) is 0. The number of carbonyl (C=O) groups is 2. The molecule has 1 aliphatic rings. The van der Waals surface area contributed by atoms with Gasteiger partial charge in [0.15, 0.2) is 0 Å². The highest BCUT2D eigenvalue weighted by molar-refractivity contribution is 5.78. The fourth-order valence-electron chi connectivity index (χ4n) is 1.71. The first kappa shape index (κ1) is 12.0. The predicted molar refractivity (Wildman–Crippen MR) is 57.0 cm³/mol. The molecule has 2 amide bonds. The average Bonchev–Trinajstić information content (AvgIpc) is 2.66. The molecule has 0 aliphatic carbocycles. The Morgan fingerprint density at radius 3 is 2.80 bits per heavy atom. The topological polar surface area (TPSA) is 84.2 Å². The van der Waals surface area contributed by atoms with Crippen molar-refractivity contribution in [3.05, 3.63) is 0 Å².